The van der Waals surface area contributed by atoms with Crippen molar-refractivity contribution in [1.82, 2.24) is 4.98 Å². The summed E-state index contributed by atoms with van der Waals surface area (Å²) >= 11 is 0. The minimum Gasteiger partial charge on any atom is -0.354 e. The average Bonchev–Trinajstić information content (AvgIpc) is 3.37. The Balaban J connectivity index is 1.38. The third-order valence-corrected chi connectivity index (χ3v) is 7.24. The predicted molar refractivity (Wildman–Crippen MR) is 158 cm³/mol. The van der Waals surface area contributed by atoms with E-state index in [0.29, 0.717) is 0 Å². The first-order valence-electron chi connectivity index (χ1n) is 12.7. The van der Waals surface area contributed by atoms with E-state index in [2.05, 4.69) is 151 Å². The zero-order valence-corrected chi connectivity index (χ0v) is 20.4. The van der Waals surface area contributed by atoms with Crippen LogP contribution in [-0.4, -0.2) is 4.98 Å². The molecule has 0 unspecified atom stereocenters. The Hall–Kier alpha value is -4.88. The normalized spacial score (nSPS) is 11.2. The van der Waals surface area contributed by atoms with Crippen molar-refractivity contribution in [2.75, 3.05) is 0 Å². The molecule has 0 spiro atoms. The molecule has 0 saturated heterocycles. The molecule has 1 heterocycles. The smallest absolute Gasteiger partial charge is 0.0544 e. The molecule has 0 atom stereocenters. The molecular formula is C36H25N. The fraction of sp³-hybridized carbons (Fsp3) is 0. The van der Waals surface area contributed by atoms with Crippen LogP contribution in [0, 0.1) is 0 Å². The van der Waals surface area contributed by atoms with E-state index in [1.807, 2.05) is 0 Å². The molecule has 1 aromatic heterocycles. The summed E-state index contributed by atoms with van der Waals surface area (Å²) in [7, 11) is 0. The molecule has 7 rings (SSSR count). The van der Waals surface area contributed by atoms with E-state index in [9.17, 15) is 0 Å². The van der Waals surface area contributed by atoms with Crippen molar-refractivity contribution in [2.24, 2.45) is 0 Å². The Morgan fingerprint density at radius 1 is 0.324 bits per heavy atom. The van der Waals surface area contributed by atoms with Gasteiger partial charge in [0.1, 0.15) is 0 Å². The molecule has 0 aliphatic carbocycles. The number of benzene rings is 6. The van der Waals surface area contributed by atoms with E-state index in [4.69, 9.17) is 0 Å². The highest BCUT2D eigenvalue weighted by Crippen LogP contribution is 2.38. The Morgan fingerprint density at radius 3 is 1.38 bits per heavy atom. The SMILES string of the molecule is c1ccc(-c2ccc(-c3cc(-c4ccc(-c5ccccc5)cc4)c4[nH]c5ccccc5c4c3)cc2)cc1. The number of rotatable bonds is 4. The van der Waals surface area contributed by atoms with Crippen molar-refractivity contribution < 1.29 is 0 Å². The van der Waals surface area contributed by atoms with Crippen LogP contribution in [0.5, 0.6) is 0 Å². The van der Waals surface area contributed by atoms with Gasteiger partial charge in [0.2, 0.25) is 0 Å². The summed E-state index contributed by atoms with van der Waals surface area (Å²) in [6, 6.07) is 52.2. The standard InChI is InChI=1S/C36H25N/c1-3-9-25(10-4-1)27-15-17-29(18-16-27)31-23-33(36-34(24-31)32-13-7-8-14-35(32)37-36)30-21-19-28(20-22-30)26-11-5-2-6-12-26/h1-24,37H. The first-order chi connectivity index (χ1) is 18.3. The summed E-state index contributed by atoms with van der Waals surface area (Å²) in [6.07, 6.45) is 0. The van der Waals surface area contributed by atoms with Crippen molar-refractivity contribution in [3.63, 3.8) is 0 Å². The molecule has 0 amide bonds. The lowest BCUT2D eigenvalue weighted by Crippen LogP contribution is -1.86. The first-order valence-corrected chi connectivity index (χ1v) is 12.7. The fourth-order valence-corrected chi connectivity index (χ4v) is 5.30. The maximum absolute atomic E-state index is 3.70. The van der Waals surface area contributed by atoms with E-state index in [0.717, 1.165) is 5.52 Å². The molecule has 0 radical (unpaired) electrons. The van der Waals surface area contributed by atoms with Crippen LogP contribution >= 0.6 is 0 Å². The lowest BCUT2D eigenvalue weighted by molar-refractivity contribution is 1.53. The van der Waals surface area contributed by atoms with Gasteiger partial charge < -0.3 is 4.98 Å². The van der Waals surface area contributed by atoms with Crippen LogP contribution in [0.25, 0.3) is 66.3 Å². The number of fused-ring (bicyclic) bond motifs is 3. The largest absolute Gasteiger partial charge is 0.354 e. The van der Waals surface area contributed by atoms with Crippen LogP contribution < -0.4 is 0 Å². The third kappa shape index (κ3) is 3.91. The zero-order chi connectivity index (χ0) is 24.6. The summed E-state index contributed by atoms with van der Waals surface area (Å²) in [6.45, 7) is 0. The van der Waals surface area contributed by atoms with Crippen LogP contribution in [0.3, 0.4) is 0 Å². The number of para-hydroxylation sites is 1. The topological polar surface area (TPSA) is 15.8 Å². The van der Waals surface area contributed by atoms with Crippen LogP contribution in [0.2, 0.25) is 0 Å². The molecule has 37 heavy (non-hydrogen) atoms. The van der Waals surface area contributed by atoms with E-state index in [1.54, 1.807) is 0 Å². The number of H-pyrrole nitrogens is 1. The zero-order valence-electron chi connectivity index (χ0n) is 20.4. The van der Waals surface area contributed by atoms with Crippen LogP contribution in [0.1, 0.15) is 0 Å². The predicted octanol–water partition coefficient (Wildman–Crippen LogP) is 9.99. The number of aromatic amines is 1. The first kappa shape index (κ1) is 21.4. The van der Waals surface area contributed by atoms with Gasteiger partial charge in [-0.2, -0.15) is 0 Å². The second-order valence-corrected chi connectivity index (χ2v) is 9.50. The van der Waals surface area contributed by atoms with E-state index in [1.165, 1.54) is 60.8 Å². The van der Waals surface area contributed by atoms with Crippen molar-refractivity contribution >= 4 is 21.8 Å². The summed E-state index contributed by atoms with van der Waals surface area (Å²) in [4.78, 5) is 3.70. The molecular weight excluding hydrogens is 446 g/mol. The van der Waals surface area contributed by atoms with Gasteiger partial charge >= 0.3 is 0 Å². The second-order valence-electron chi connectivity index (χ2n) is 9.50. The van der Waals surface area contributed by atoms with Gasteiger partial charge in [0, 0.05) is 21.9 Å². The van der Waals surface area contributed by atoms with Gasteiger partial charge in [-0.15, -0.1) is 0 Å². The van der Waals surface area contributed by atoms with Crippen molar-refractivity contribution in [1.29, 1.82) is 0 Å². The molecule has 0 aliphatic heterocycles. The van der Waals surface area contributed by atoms with Crippen molar-refractivity contribution in [3.8, 4) is 44.5 Å². The maximum Gasteiger partial charge on any atom is 0.0544 e. The molecule has 1 nitrogen and oxygen atoms in total. The highest BCUT2D eigenvalue weighted by Gasteiger charge is 2.13. The van der Waals surface area contributed by atoms with Gasteiger partial charge in [-0.25, -0.2) is 0 Å². The molecule has 1 heteroatoms. The minimum atomic E-state index is 1.16. The summed E-state index contributed by atoms with van der Waals surface area (Å²) in [5.41, 5.74) is 12.1. The number of nitrogens with one attached hydrogen (secondary N) is 1. The molecule has 7 aromatic rings. The Bertz CT molecular complexity index is 1830. The third-order valence-electron chi connectivity index (χ3n) is 7.24. The molecule has 174 valence electrons. The average molecular weight is 472 g/mol. The van der Waals surface area contributed by atoms with E-state index >= 15 is 0 Å². The Labute approximate surface area is 216 Å². The number of hydrogen-bond donors (Lipinski definition) is 1. The van der Waals surface area contributed by atoms with Crippen LogP contribution in [0.15, 0.2) is 146 Å². The molecule has 0 bridgehead atoms. The lowest BCUT2D eigenvalue weighted by atomic mass is 9.93. The highest BCUT2D eigenvalue weighted by molar-refractivity contribution is 6.13. The number of aromatic nitrogens is 1. The van der Waals surface area contributed by atoms with Gasteiger partial charge in [0.25, 0.3) is 0 Å². The lowest BCUT2D eigenvalue weighted by Gasteiger charge is -2.11. The monoisotopic (exact) mass is 471 g/mol. The molecule has 6 aromatic carbocycles. The minimum absolute atomic E-state index is 1.16. The molecule has 1 N–H and O–H groups in total. The van der Waals surface area contributed by atoms with Crippen molar-refractivity contribution in [3.05, 3.63) is 146 Å². The van der Waals surface area contributed by atoms with Gasteiger partial charge in [0.05, 0.1) is 5.52 Å². The molecule has 0 fully saturated rings. The van der Waals surface area contributed by atoms with E-state index < -0.39 is 0 Å². The fourth-order valence-electron chi connectivity index (χ4n) is 5.30. The maximum atomic E-state index is 3.70. The van der Waals surface area contributed by atoms with Crippen molar-refractivity contribution in [2.45, 2.75) is 0 Å². The summed E-state index contributed by atoms with van der Waals surface area (Å²) in [5, 5.41) is 2.50. The number of hydrogen-bond acceptors (Lipinski definition) is 0. The molecule has 0 saturated carbocycles. The quantitative estimate of drug-likeness (QED) is 0.263. The van der Waals surface area contributed by atoms with E-state index in [-0.39, 0.29) is 0 Å². The molecule has 0 aliphatic rings. The second kappa shape index (κ2) is 8.96. The van der Waals surface area contributed by atoms with Gasteiger partial charge in [-0.05, 0) is 57.1 Å². The van der Waals surface area contributed by atoms with Gasteiger partial charge in [-0.3, -0.25) is 0 Å². The highest BCUT2D eigenvalue weighted by atomic mass is 14.7. The Morgan fingerprint density at radius 2 is 0.784 bits per heavy atom. The van der Waals surface area contributed by atoms with Crippen LogP contribution in [-0.2, 0) is 0 Å². The van der Waals surface area contributed by atoms with Gasteiger partial charge in [-0.1, -0.05) is 127 Å². The van der Waals surface area contributed by atoms with Crippen LogP contribution in [0.4, 0.5) is 0 Å². The summed E-state index contributed by atoms with van der Waals surface area (Å²) < 4.78 is 0. The summed E-state index contributed by atoms with van der Waals surface area (Å²) in [5.74, 6) is 0. The Kier molecular flexibility index (Phi) is 5.19. The van der Waals surface area contributed by atoms with Gasteiger partial charge in [0.15, 0.2) is 0 Å².